The van der Waals surface area contributed by atoms with Gasteiger partial charge in [0.2, 0.25) is 0 Å². The summed E-state index contributed by atoms with van der Waals surface area (Å²) in [6.45, 7) is 1.52. The Morgan fingerprint density at radius 2 is 1.56 bits per heavy atom. The van der Waals surface area contributed by atoms with Crippen LogP contribution in [0.1, 0.15) is 26.3 Å². The second-order valence-electron chi connectivity index (χ2n) is 5.70. The van der Waals surface area contributed by atoms with Crippen molar-refractivity contribution in [3.05, 3.63) is 65.2 Å². The number of methoxy groups -OCH3 is 1. The summed E-state index contributed by atoms with van der Waals surface area (Å²) in [5.74, 6) is -1.55. The van der Waals surface area contributed by atoms with Crippen molar-refractivity contribution >= 4 is 22.7 Å². The minimum absolute atomic E-state index is 0.00719. The number of rotatable bonds is 4. The van der Waals surface area contributed by atoms with Crippen molar-refractivity contribution in [1.29, 1.82) is 0 Å². The highest BCUT2D eigenvalue weighted by molar-refractivity contribution is 6.03. The van der Waals surface area contributed by atoms with Crippen molar-refractivity contribution in [3.8, 4) is 16.9 Å². The summed E-state index contributed by atoms with van der Waals surface area (Å²) in [6.07, 6.45) is 0. The van der Waals surface area contributed by atoms with E-state index in [1.54, 1.807) is 13.2 Å². The molecule has 0 aliphatic carbocycles. The summed E-state index contributed by atoms with van der Waals surface area (Å²) in [6, 6.07) is 14.2. The van der Waals surface area contributed by atoms with Crippen molar-refractivity contribution in [3.63, 3.8) is 0 Å². The van der Waals surface area contributed by atoms with E-state index in [9.17, 15) is 19.8 Å². The quantitative estimate of drug-likeness (QED) is 0.745. The molecular formula is C20H16O5. The summed E-state index contributed by atoms with van der Waals surface area (Å²) < 4.78 is 5.21. The van der Waals surface area contributed by atoms with Gasteiger partial charge >= 0.3 is 11.9 Å². The van der Waals surface area contributed by atoms with Gasteiger partial charge in [-0.1, -0.05) is 24.3 Å². The first-order valence-corrected chi connectivity index (χ1v) is 7.60. The van der Waals surface area contributed by atoms with Crippen molar-refractivity contribution in [1.82, 2.24) is 0 Å². The van der Waals surface area contributed by atoms with Crippen LogP contribution in [0, 0.1) is 6.92 Å². The second kappa shape index (κ2) is 6.28. The zero-order chi connectivity index (χ0) is 18.1. The van der Waals surface area contributed by atoms with Crippen molar-refractivity contribution in [2.45, 2.75) is 6.92 Å². The molecule has 0 bridgehead atoms. The van der Waals surface area contributed by atoms with Gasteiger partial charge < -0.3 is 14.9 Å². The molecule has 0 aliphatic heterocycles. The van der Waals surface area contributed by atoms with Crippen molar-refractivity contribution < 1.29 is 24.5 Å². The molecule has 0 saturated heterocycles. The lowest BCUT2D eigenvalue weighted by Gasteiger charge is -2.13. The molecule has 0 fully saturated rings. The average Bonchev–Trinajstić information content (AvgIpc) is 2.59. The molecule has 25 heavy (non-hydrogen) atoms. The van der Waals surface area contributed by atoms with Crippen LogP contribution in [0.3, 0.4) is 0 Å². The molecule has 3 aromatic carbocycles. The van der Waals surface area contributed by atoms with Crippen LogP contribution < -0.4 is 4.74 Å². The number of hydrogen-bond donors (Lipinski definition) is 2. The number of hydrogen-bond acceptors (Lipinski definition) is 3. The van der Waals surface area contributed by atoms with E-state index in [4.69, 9.17) is 4.74 Å². The molecule has 3 aromatic rings. The van der Waals surface area contributed by atoms with Crippen LogP contribution >= 0.6 is 0 Å². The van der Waals surface area contributed by atoms with E-state index in [1.165, 1.54) is 13.0 Å². The first-order valence-electron chi connectivity index (χ1n) is 7.60. The Morgan fingerprint density at radius 3 is 2.20 bits per heavy atom. The Labute approximate surface area is 144 Å². The zero-order valence-electron chi connectivity index (χ0n) is 13.7. The Kier molecular flexibility index (Phi) is 4.15. The highest BCUT2D eigenvalue weighted by Crippen LogP contribution is 2.31. The molecule has 0 amide bonds. The van der Waals surface area contributed by atoms with E-state index in [2.05, 4.69) is 0 Å². The van der Waals surface area contributed by atoms with Gasteiger partial charge in [0.1, 0.15) is 5.75 Å². The SMILES string of the molecule is COc1ccc2cc(-c3ccc(C(=O)O)c(C)c3C(=O)O)ccc2c1. The van der Waals surface area contributed by atoms with Crippen LogP contribution in [-0.2, 0) is 0 Å². The monoisotopic (exact) mass is 336 g/mol. The van der Waals surface area contributed by atoms with Gasteiger partial charge in [-0.25, -0.2) is 9.59 Å². The Bertz CT molecular complexity index is 1000. The maximum atomic E-state index is 11.7. The number of aromatic carboxylic acids is 2. The van der Waals surface area contributed by atoms with Crippen LogP contribution in [0.25, 0.3) is 21.9 Å². The lowest BCUT2D eigenvalue weighted by Crippen LogP contribution is -2.09. The number of fused-ring (bicyclic) bond motifs is 1. The third kappa shape index (κ3) is 2.92. The largest absolute Gasteiger partial charge is 0.497 e. The normalized spacial score (nSPS) is 10.6. The minimum Gasteiger partial charge on any atom is -0.497 e. The fraction of sp³-hybridized carbons (Fsp3) is 0.100. The summed E-state index contributed by atoms with van der Waals surface area (Å²) >= 11 is 0. The van der Waals surface area contributed by atoms with Crippen LogP contribution in [-0.4, -0.2) is 29.3 Å². The van der Waals surface area contributed by atoms with Gasteiger partial charge in [0.25, 0.3) is 0 Å². The third-order valence-corrected chi connectivity index (χ3v) is 4.27. The molecule has 3 rings (SSSR count). The summed E-state index contributed by atoms with van der Waals surface area (Å²) in [5.41, 5.74) is 1.45. The molecule has 0 atom stereocenters. The average molecular weight is 336 g/mol. The number of ether oxygens (including phenoxy) is 1. The van der Waals surface area contributed by atoms with Gasteiger partial charge in [-0.15, -0.1) is 0 Å². The standard InChI is InChI=1S/C20H16O5/c1-11-16(19(21)22)7-8-17(18(11)20(23)24)14-4-3-13-10-15(25-2)6-5-12(13)9-14/h3-10H,1-2H3,(H,21,22)(H,23,24). The first kappa shape index (κ1) is 16.5. The van der Waals surface area contributed by atoms with Gasteiger partial charge in [-0.2, -0.15) is 0 Å². The maximum absolute atomic E-state index is 11.7. The molecule has 0 saturated carbocycles. The van der Waals surface area contributed by atoms with E-state index in [0.717, 1.165) is 22.1 Å². The van der Waals surface area contributed by atoms with Gasteiger partial charge in [0.15, 0.2) is 0 Å². The Hall–Kier alpha value is -3.34. The number of carboxylic acids is 2. The van der Waals surface area contributed by atoms with Crippen molar-refractivity contribution in [2.24, 2.45) is 0 Å². The lowest BCUT2D eigenvalue weighted by molar-refractivity contribution is 0.0696. The Balaban J connectivity index is 2.22. The van der Waals surface area contributed by atoms with Gasteiger partial charge in [0.05, 0.1) is 18.2 Å². The molecule has 0 radical (unpaired) electrons. The van der Waals surface area contributed by atoms with Crippen molar-refractivity contribution in [2.75, 3.05) is 7.11 Å². The predicted molar refractivity (Wildman–Crippen MR) is 94.6 cm³/mol. The molecule has 0 heterocycles. The molecule has 126 valence electrons. The van der Waals surface area contributed by atoms with Gasteiger partial charge in [0, 0.05) is 0 Å². The number of benzene rings is 3. The van der Waals surface area contributed by atoms with E-state index < -0.39 is 11.9 Å². The van der Waals surface area contributed by atoms with E-state index in [0.29, 0.717) is 5.56 Å². The number of carboxylic acid groups (broad SMARTS) is 2. The fourth-order valence-corrected chi connectivity index (χ4v) is 2.98. The minimum atomic E-state index is -1.15. The fourth-order valence-electron chi connectivity index (χ4n) is 2.98. The number of carbonyl (C=O) groups is 2. The van der Waals surface area contributed by atoms with Crippen LogP contribution in [0.15, 0.2) is 48.5 Å². The van der Waals surface area contributed by atoms with E-state index in [-0.39, 0.29) is 16.7 Å². The second-order valence-corrected chi connectivity index (χ2v) is 5.70. The van der Waals surface area contributed by atoms with Gasteiger partial charge in [-0.05, 0) is 58.7 Å². The lowest BCUT2D eigenvalue weighted by atomic mass is 9.91. The molecule has 0 spiro atoms. The predicted octanol–water partition coefficient (Wildman–Crippen LogP) is 4.22. The van der Waals surface area contributed by atoms with E-state index >= 15 is 0 Å². The highest BCUT2D eigenvalue weighted by atomic mass is 16.5. The van der Waals surface area contributed by atoms with Gasteiger partial charge in [-0.3, -0.25) is 0 Å². The smallest absolute Gasteiger partial charge is 0.336 e. The Morgan fingerprint density at radius 1 is 0.880 bits per heavy atom. The molecular weight excluding hydrogens is 320 g/mol. The highest BCUT2D eigenvalue weighted by Gasteiger charge is 2.20. The summed E-state index contributed by atoms with van der Waals surface area (Å²) in [7, 11) is 1.60. The topological polar surface area (TPSA) is 83.8 Å². The molecule has 5 heteroatoms. The summed E-state index contributed by atoms with van der Waals surface area (Å²) in [4.78, 5) is 23.0. The molecule has 5 nitrogen and oxygen atoms in total. The molecule has 2 N–H and O–H groups in total. The molecule has 0 aliphatic rings. The zero-order valence-corrected chi connectivity index (χ0v) is 13.7. The maximum Gasteiger partial charge on any atom is 0.336 e. The van der Waals surface area contributed by atoms with Crippen LogP contribution in [0.5, 0.6) is 5.75 Å². The van der Waals surface area contributed by atoms with Crippen LogP contribution in [0.2, 0.25) is 0 Å². The van der Waals surface area contributed by atoms with E-state index in [1.807, 2.05) is 36.4 Å². The first-order chi connectivity index (χ1) is 11.9. The third-order valence-electron chi connectivity index (χ3n) is 4.27. The summed E-state index contributed by atoms with van der Waals surface area (Å²) in [5, 5.41) is 20.7. The molecule has 0 aromatic heterocycles. The molecule has 0 unspecified atom stereocenters. The van der Waals surface area contributed by atoms with Crippen LogP contribution in [0.4, 0.5) is 0 Å².